The van der Waals surface area contributed by atoms with Crippen LogP contribution in [0, 0.1) is 5.82 Å². The van der Waals surface area contributed by atoms with E-state index in [0.717, 1.165) is 17.9 Å². The molecular formula is C16H15ClFNO2. The summed E-state index contributed by atoms with van der Waals surface area (Å²) in [5.41, 5.74) is 1.42. The smallest absolute Gasteiger partial charge is 0.163 e. The van der Waals surface area contributed by atoms with Crippen molar-refractivity contribution in [1.29, 1.82) is 0 Å². The molecule has 5 heteroatoms. The average molecular weight is 308 g/mol. The molecule has 21 heavy (non-hydrogen) atoms. The molecule has 0 aromatic heterocycles. The zero-order valence-corrected chi connectivity index (χ0v) is 12.1. The van der Waals surface area contributed by atoms with E-state index in [1.807, 2.05) is 18.2 Å². The fraction of sp³-hybridized carbons (Fsp3) is 0.250. The van der Waals surface area contributed by atoms with E-state index in [1.165, 1.54) is 6.07 Å². The Kier molecular flexibility index (Phi) is 4.15. The second-order valence-corrected chi connectivity index (χ2v) is 5.24. The van der Waals surface area contributed by atoms with Crippen LogP contribution in [-0.2, 0) is 6.54 Å². The van der Waals surface area contributed by atoms with Gasteiger partial charge in [-0.1, -0.05) is 17.7 Å². The van der Waals surface area contributed by atoms with E-state index in [4.69, 9.17) is 21.1 Å². The highest BCUT2D eigenvalue weighted by Gasteiger charge is 2.11. The number of benzene rings is 2. The van der Waals surface area contributed by atoms with Crippen LogP contribution in [0.4, 0.5) is 10.1 Å². The van der Waals surface area contributed by atoms with Crippen LogP contribution in [0.5, 0.6) is 11.5 Å². The van der Waals surface area contributed by atoms with Crippen molar-refractivity contribution in [1.82, 2.24) is 0 Å². The maximum Gasteiger partial charge on any atom is 0.163 e. The first kappa shape index (κ1) is 14.0. The number of hydrogen-bond donors (Lipinski definition) is 1. The first-order valence-electron chi connectivity index (χ1n) is 6.80. The van der Waals surface area contributed by atoms with Gasteiger partial charge in [-0.3, -0.25) is 0 Å². The topological polar surface area (TPSA) is 30.5 Å². The second-order valence-electron chi connectivity index (χ2n) is 4.80. The van der Waals surface area contributed by atoms with Gasteiger partial charge in [-0.15, -0.1) is 0 Å². The predicted molar refractivity (Wildman–Crippen MR) is 80.8 cm³/mol. The number of anilines is 1. The number of nitrogens with one attached hydrogen (secondary N) is 1. The van der Waals surface area contributed by atoms with Crippen molar-refractivity contribution in [3.8, 4) is 11.5 Å². The fourth-order valence-corrected chi connectivity index (χ4v) is 2.29. The van der Waals surface area contributed by atoms with Crippen LogP contribution in [0.3, 0.4) is 0 Å². The standard InChI is InChI=1S/C16H15ClFNO2/c17-12-3-2-11(14(18)8-12)10-19-13-4-5-15-16(9-13)21-7-1-6-20-15/h2-5,8-9,19H,1,6-7,10H2. The van der Waals surface area contributed by atoms with E-state index in [0.29, 0.717) is 36.1 Å². The first-order valence-corrected chi connectivity index (χ1v) is 7.17. The third-order valence-electron chi connectivity index (χ3n) is 3.25. The SMILES string of the molecule is Fc1cc(Cl)ccc1CNc1ccc2c(c1)OCCCO2. The molecule has 0 spiro atoms. The normalized spacial score (nSPS) is 13.6. The summed E-state index contributed by atoms with van der Waals surface area (Å²) in [5.74, 6) is 1.15. The molecule has 3 rings (SSSR count). The number of fused-ring (bicyclic) bond motifs is 1. The van der Waals surface area contributed by atoms with Gasteiger partial charge in [0, 0.05) is 35.3 Å². The Bertz CT molecular complexity index is 648. The summed E-state index contributed by atoms with van der Waals surface area (Å²) in [6.07, 6.45) is 0.868. The molecule has 1 N–H and O–H groups in total. The quantitative estimate of drug-likeness (QED) is 0.919. The van der Waals surface area contributed by atoms with Gasteiger partial charge in [0.25, 0.3) is 0 Å². The summed E-state index contributed by atoms with van der Waals surface area (Å²) in [6, 6.07) is 10.3. The molecule has 0 bridgehead atoms. The van der Waals surface area contributed by atoms with Crippen molar-refractivity contribution in [2.45, 2.75) is 13.0 Å². The van der Waals surface area contributed by atoms with Crippen molar-refractivity contribution in [3.63, 3.8) is 0 Å². The molecule has 0 radical (unpaired) electrons. The van der Waals surface area contributed by atoms with Gasteiger partial charge in [0.2, 0.25) is 0 Å². The summed E-state index contributed by atoms with van der Waals surface area (Å²) < 4.78 is 24.9. The largest absolute Gasteiger partial charge is 0.490 e. The van der Waals surface area contributed by atoms with Gasteiger partial charge in [-0.05, 0) is 24.3 Å². The molecule has 0 aliphatic carbocycles. The molecule has 0 fully saturated rings. The van der Waals surface area contributed by atoms with Crippen molar-refractivity contribution in [2.24, 2.45) is 0 Å². The summed E-state index contributed by atoms with van der Waals surface area (Å²) >= 11 is 5.74. The Labute approximate surface area is 127 Å². The monoisotopic (exact) mass is 307 g/mol. The van der Waals surface area contributed by atoms with Crippen LogP contribution in [0.15, 0.2) is 36.4 Å². The van der Waals surface area contributed by atoms with Crippen LogP contribution in [-0.4, -0.2) is 13.2 Å². The van der Waals surface area contributed by atoms with Gasteiger partial charge in [-0.2, -0.15) is 0 Å². The summed E-state index contributed by atoms with van der Waals surface area (Å²) in [4.78, 5) is 0. The molecule has 1 aliphatic heterocycles. The molecular weight excluding hydrogens is 293 g/mol. The first-order chi connectivity index (χ1) is 10.2. The van der Waals surface area contributed by atoms with Crippen LogP contribution in [0.1, 0.15) is 12.0 Å². The Morgan fingerprint density at radius 1 is 1.05 bits per heavy atom. The molecule has 1 heterocycles. The minimum atomic E-state index is -0.315. The lowest BCUT2D eigenvalue weighted by molar-refractivity contribution is 0.297. The highest BCUT2D eigenvalue weighted by molar-refractivity contribution is 6.30. The van der Waals surface area contributed by atoms with E-state index in [2.05, 4.69) is 5.32 Å². The number of halogens is 2. The lowest BCUT2D eigenvalue weighted by Gasteiger charge is -2.11. The Morgan fingerprint density at radius 2 is 1.86 bits per heavy atom. The van der Waals surface area contributed by atoms with Crippen molar-refractivity contribution in [3.05, 3.63) is 52.8 Å². The molecule has 2 aromatic carbocycles. The second kappa shape index (κ2) is 6.22. The zero-order chi connectivity index (χ0) is 14.7. The van der Waals surface area contributed by atoms with Crippen LogP contribution < -0.4 is 14.8 Å². The minimum Gasteiger partial charge on any atom is -0.490 e. The molecule has 0 unspecified atom stereocenters. The van der Waals surface area contributed by atoms with Crippen LogP contribution >= 0.6 is 11.6 Å². The maximum atomic E-state index is 13.7. The zero-order valence-electron chi connectivity index (χ0n) is 11.4. The molecule has 2 aromatic rings. The molecule has 0 atom stereocenters. The summed E-state index contributed by atoms with van der Waals surface area (Å²) in [6.45, 7) is 1.68. The fourth-order valence-electron chi connectivity index (χ4n) is 2.14. The molecule has 0 saturated heterocycles. The van der Waals surface area contributed by atoms with Gasteiger partial charge >= 0.3 is 0 Å². The Balaban J connectivity index is 1.72. The van der Waals surface area contributed by atoms with E-state index < -0.39 is 0 Å². The average Bonchev–Trinajstić information content (AvgIpc) is 2.71. The highest BCUT2D eigenvalue weighted by Crippen LogP contribution is 2.32. The van der Waals surface area contributed by atoms with Gasteiger partial charge in [0.1, 0.15) is 5.82 Å². The summed E-state index contributed by atoms with van der Waals surface area (Å²) in [7, 11) is 0. The molecule has 0 amide bonds. The van der Waals surface area contributed by atoms with E-state index >= 15 is 0 Å². The van der Waals surface area contributed by atoms with Crippen LogP contribution in [0.2, 0.25) is 5.02 Å². The van der Waals surface area contributed by atoms with E-state index in [-0.39, 0.29) is 5.82 Å². The molecule has 3 nitrogen and oxygen atoms in total. The van der Waals surface area contributed by atoms with Crippen LogP contribution in [0.25, 0.3) is 0 Å². The van der Waals surface area contributed by atoms with Gasteiger partial charge in [0.05, 0.1) is 13.2 Å². The van der Waals surface area contributed by atoms with E-state index in [1.54, 1.807) is 12.1 Å². The summed E-state index contributed by atoms with van der Waals surface area (Å²) in [5, 5.41) is 3.57. The molecule has 1 aliphatic rings. The van der Waals surface area contributed by atoms with Gasteiger partial charge < -0.3 is 14.8 Å². The van der Waals surface area contributed by atoms with Gasteiger partial charge in [0.15, 0.2) is 11.5 Å². The van der Waals surface area contributed by atoms with E-state index in [9.17, 15) is 4.39 Å². The third kappa shape index (κ3) is 3.39. The molecule has 110 valence electrons. The Morgan fingerprint density at radius 3 is 2.67 bits per heavy atom. The Hall–Kier alpha value is -1.94. The maximum absolute atomic E-state index is 13.7. The number of hydrogen-bond acceptors (Lipinski definition) is 3. The lowest BCUT2D eigenvalue weighted by atomic mass is 10.2. The number of rotatable bonds is 3. The predicted octanol–water partition coefficient (Wildman–Crippen LogP) is 4.25. The van der Waals surface area contributed by atoms with Crippen molar-refractivity contribution in [2.75, 3.05) is 18.5 Å². The number of ether oxygens (including phenoxy) is 2. The van der Waals surface area contributed by atoms with Gasteiger partial charge in [-0.25, -0.2) is 4.39 Å². The van der Waals surface area contributed by atoms with Crippen molar-refractivity contribution >= 4 is 17.3 Å². The minimum absolute atomic E-state index is 0.315. The highest BCUT2D eigenvalue weighted by atomic mass is 35.5. The molecule has 0 saturated carbocycles. The van der Waals surface area contributed by atoms with Crippen molar-refractivity contribution < 1.29 is 13.9 Å². The lowest BCUT2D eigenvalue weighted by Crippen LogP contribution is -2.02. The third-order valence-corrected chi connectivity index (χ3v) is 3.48.